The summed E-state index contributed by atoms with van der Waals surface area (Å²) >= 11 is 3.26. The van der Waals surface area contributed by atoms with Crippen LogP contribution in [0.3, 0.4) is 0 Å². The Hall–Kier alpha value is -1.37. The van der Waals surface area contributed by atoms with Gasteiger partial charge in [0, 0.05) is 16.7 Å². The van der Waals surface area contributed by atoms with Gasteiger partial charge in [-0.3, -0.25) is 4.72 Å². The van der Waals surface area contributed by atoms with E-state index in [1.165, 1.54) is 0 Å². The van der Waals surface area contributed by atoms with Crippen LogP contribution >= 0.6 is 15.9 Å². The van der Waals surface area contributed by atoms with Gasteiger partial charge in [-0.25, -0.2) is 8.42 Å². The monoisotopic (exact) mass is 354 g/mol. The van der Waals surface area contributed by atoms with E-state index in [1.54, 1.807) is 36.4 Å². The Kier molecular flexibility index (Phi) is 4.47. The van der Waals surface area contributed by atoms with Gasteiger partial charge in [-0.05, 0) is 58.2 Å². The van der Waals surface area contributed by atoms with Crippen molar-refractivity contribution in [3.8, 4) is 0 Å². The molecule has 0 aliphatic heterocycles. The third-order valence-electron chi connectivity index (χ3n) is 2.79. The number of benzene rings is 2. The summed E-state index contributed by atoms with van der Waals surface area (Å²) in [6.07, 6.45) is 0. The highest BCUT2D eigenvalue weighted by Gasteiger charge is 2.18. The quantitative estimate of drug-likeness (QED) is 0.886. The van der Waals surface area contributed by atoms with Crippen LogP contribution in [0.5, 0.6) is 0 Å². The number of nitrogens with two attached hydrogens (primary N) is 1. The zero-order valence-electron chi connectivity index (χ0n) is 10.9. The standard InChI is InChI=1S/C14H15BrN2O2S/c1-10-3-2-4-12(7-10)17-20(18,19)14-8-11(9-16)5-6-13(14)15/h2-8,17H,9,16H2,1H3. The van der Waals surface area contributed by atoms with Gasteiger partial charge in [-0.1, -0.05) is 18.2 Å². The van der Waals surface area contributed by atoms with Crippen molar-refractivity contribution < 1.29 is 8.42 Å². The highest BCUT2D eigenvalue weighted by Crippen LogP contribution is 2.25. The summed E-state index contributed by atoms with van der Waals surface area (Å²) in [6.45, 7) is 2.20. The van der Waals surface area contributed by atoms with E-state index >= 15 is 0 Å². The third kappa shape index (κ3) is 3.39. The van der Waals surface area contributed by atoms with E-state index in [9.17, 15) is 8.42 Å². The molecule has 20 heavy (non-hydrogen) atoms. The first-order valence-electron chi connectivity index (χ1n) is 6.00. The molecule has 2 rings (SSSR count). The molecular weight excluding hydrogens is 340 g/mol. The van der Waals surface area contributed by atoms with Crippen LogP contribution in [0.1, 0.15) is 11.1 Å². The molecule has 0 amide bonds. The molecule has 0 radical (unpaired) electrons. The molecule has 0 heterocycles. The number of anilines is 1. The molecule has 0 atom stereocenters. The van der Waals surface area contributed by atoms with E-state index in [-0.39, 0.29) is 4.90 Å². The van der Waals surface area contributed by atoms with E-state index in [0.29, 0.717) is 16.7 Å². The molecule has 0 aliphatic rings. The maximum atomic E-state index is 12.4. The van der Waals surface area contributed by atoms with Crippen LogP contribution in [-0.4, -0.2) is 8.42 Å². The van der Waals surface area contributed by atoms with Crippen molar-refractivity contribution in [3.05, 3.63) is 58.1 Å². The van der Waals surface area contributed by atoms with Crippen molar-refractivity contribution in [2.45, 2.75) is 18.4 Å². The Morgan fingerprint density at radius 2 is 1.95 bits per heavy atom. The molecule has 0 aromatic heterocycles. The summed E-state index contributed by atoms with van der Waals surface area (Å²) in [7, 11) is -3.65. The SMILES string of the molecule is Cc1cccc(NS(=O)(=O)c2cc(CN)ccc2Br)c1. The molecule has 4 nitrogen and oxygen atoms in total. The molecule has 3 N–H and O–H groups in total. The van der Waals surface area contributed by atoms with Crippen LogP contribution in [0.15, 0.2) is 51.8 Å². The lowest BCUT2D eigenvalue weighted by Gasteiger charge is -2.11. The summed E-state index contributed by atoms with van der Waals surface area (Å²) in [5, 5.41) is 0. The molecule has 0 saturated carbocycles. The Balaban J connectivity index is 2.40. The number of nitrogens with one attached hydrogen (secondary N) is 1. The lowest BCUT2D eigenvalue weighted by molar-refractivity contribution is 0.600. The van der Waals surface area contributed by atoms with Gasteiger partial charge in [0.1, 0.15) is 4.90 Å². The topological polar surface area (TPSA) is 72.2 Å². The summed E-state index contributed by atoms with van der Waals surface area (Å²) in [4.78, 5) is 0.182. The van der Waals surface area contributed by atoms with Crippen LogP contribution in [0.25, 0.3) is 0 Å². The Morgan fingerprint density at radius 3 is 2.60 bits per heavy atom. The van der Waals surface area contributed by atoms with Crippen LogP contribution in [0.2, 0.25) is 0 Å². The van der Waals surface area contributed by atoms with Gasteiger partial charge in [0.05, 0.1) is 0 Å². The average molecular weight is 355 g/mol. The van der Waals surface area contributed by atoms with E-state index in [0.717, 1.165) is 11.1 Å². The number of halogens is 1. The molecule has 0 fully saturated rings. The molecule has 0 aliphatic carbocycles. The third-order valence-corrected chi connectivity index (χ3v) is 5.17. The number of hydrogen-bond acceptors (Lipinski definition) is 3. The van der Waals surface area contributed by atoms with Crippen LogP contribution < -0.4 is 10.5 Å². The van der Waals surface area contributed by atoms with Gasteiger partial charge in [0.2, 0.25) is 0 Å². The fraction of sp³-hybridized carbons (Fsp3) is 0.143. The largest absolute Gasteiger partial charge is 0.326 e. The second kappa shape index (κ2) is 5.95. The fourth-order valence-corrected chi connectivity index (χ4v) is 3.86. The maximum absolute atomic E-state index is 12.4. The number of aryl methyl sites for hydroxylation is 1. The smallest absolute Gasteiger partial charge is 0.263 e. The molecule has 0 unspecified atom stereocenters. The first-order chi connectivity index (χ1) is 9.42. The normalized spacial score (nSPS) is 11.3. The van der Waals surface area contributed by atoms with Crippen molar-refractivity contribution >= 4 is 31.6 Å². The van der Waals surface area contributed by atoms with Crippen molar-refractivity contribution in [1.82, 2.24) is 0 Å². The van der Waals surface area contributed by atoms with E-state index in [4.69, 9.17) is 5.73 Å². The zero-order valence-corrected chi connectivity index (χ0v) is 13.3. The van der Waals surface area contributed by atoms with Crippen molar-refractivity contribution in [2.24, 2.45) is 5.73 Å². The van der Waals surface area contributed by atoms with Gasteiger partial charge < -0.3 is 5.73 Å². The van der Waals surface area contributed by atoms with Crippen molar-refractivity contribution in [2.75, 3.05) is 4.72 Å². The first-order valence-corrected chi connectivity index (χ1v) is 8.28. The second-order valence-corrected chi connectivity index (χ2v) is 6.95. The minimum atomic E-state index is -3.65. The van der Waals surface area contributed by atoms with Crippen LogP contribution in [0, 0.1) is 6.92 Å². The molecule has 2 aromatic rings. The van der Waals surface area contributed by atoms with Crippen molar-refractivity contribution in [1.29, 1.82) is 0 Å². The fourth-order valence-electron chi connectivity index (χ4n) is 1.80. The zero-order chi connectivity index (χ0) is 14.8. The summed E-state index contributed by atoms with van der Waals surface area (Å²) in [5.41, 5.74) is 7.84. The highest BCUT2D eigenvalue weighted by atomic mass is 79.9. The Bertz CT molecular complexity index is 730. The molecule has 0 saturated heterocycles. The average Bonchev–Trinajstić information content (AvgIpc) is 2.38. The van der Waals surface area contributed by atoms with Gasteiger partial charge in [0.25, 0.3) is 10.0 Å². The minimum Gasteiger partial charge on any atom is -0.326 e. The molecule has 2 aromatic carbocycles. The molecule has 0 bridgehead atoms. The van der Waals surface area contributed by atoms with Crippen LogP contribution in [-0.2, 0) is 16.6 Å². The molecule has 6 heteroatoms. The first kappa shape index (κ1) is 15.0. The lowest BCUT2D eigenvalue weighted by atomic mass is 10.2. The number of sulfonamides is 1. The molecule has 0 spiro atoms. The van der Waals surface area contributed by atoms with Gasteiger partial charge >= 0.3 is 0 Å². The predicted octanol–water partition coefficient (Wildman–Crippen LogP) is 3.02. The minimum absolute atomic E-state index is 0.182. The van der Waals surface area contributed by atoms with E-state index in [2.05, 4.69) is 20.7 Å². The van der Waals surface area contributed by atoms with Crippen LogP contribution in [0.4, 0.5) is 5.69 Å². The Labute approximate surface area is 127 Å². The van der Waals surface area contributed by atoms with E-state index in [1.807, 2.05) is 13.0 Å². The summed E-state index contributed by atoms with van der Waals surface area (Å²) in [6, 6.07) is 12.2. The highest BCUT2D eigenvalue weighted by molar-refractivity contribution is 9.10. The maximum Gasteiger partial charge on any atom is 0.263 e. The number of rotatable bonds is 4. The Morgan fingerprint density at radius 1 is 1.20 bits per heavy atom. The summed E-state index contributed by atoms with van der Waals surface area (Å²) < 4.78 is 27.9. The van der Waals surface area contributed by atoms with Gasteiger partial charge in [-0.15, -0.1) is 0 Å². The number of hydrogen-bond donors (Lipinski definition) is 2. The van der Waals surface area contributed by atoms with Gasteiger partial charge in [0.15, 0.2) is 0 Å². The predicted molar refractivity (Wildman–Crippen MR) is 84.0 cm³/mol. The summed E-state index contributed by atoms with van der Waals surface area (Å²) in [5.74, 6) is 0. The second-order valence-electron chi connectivity index (χ2n) is 4.44. The van der Waals surface area contributed by atoms with E-state index < -0.39 is 10.0 Å². The van der Waals surface area contributed by atoms with Gasteiger partial charge in [-0.2, -0.15) is 0 Å². The molecular formula is C14H15BrN2O2S. The lowest BCUT2D eigenvalue weighted by Crippen LogP contribution is -2.14. The van der Waals surface area contributed by atoms with Crippen molar-refractivity contribution in [3.63, 3.8) is 0 Å². The molecule has 106 valence electrons.